The van der Waals surface area contributed by atoms with Crippen molar-refractivity contribution < 1.29 is 4.79 Å². The maximum atomic E-state index is 12.7. The van der Waals surface area contributed by atoms with Crippen LogP contribution in [-0.4, -0.2) is 57.8 Å². The number of urea groups is 1. The van der Waals surface area contributed by atoms with E-state index in [1.165, 1.54) is 38.8 Å². The number of aromatic nitrogens is 2. The van der Waals surface area contributed by atoms with Crippen molar-refractivity contribution in [1.82, 2.24) is 19.6 Å². The van der Waals surface area contributed by atoms with Gasteiger partial charge in [0.25, 0.3) is 0 Å². The first kappa shape index (κ1) is 15.9. The summed E-state index contributed by atoms with van der Waals surface area (Å²) in [4.78, 5) is 17.2. The Morgan fingerprint density at radius 2 is 2.04 bits per heavy atom. The summed E-state index contributed by atoms with van der Waals surface area (Å²) in [7, 11) is 0. The van der Waals surface area contributed by atoms with Gasteiger partial charge in [0.2, 0.25) is 0 Å². The van der Waals surface area contributed by atoms with E-state index in [1.807, 2.05) is 15.8 Å². The first-order valence-corrected chi connectivity index (χ1v) is 9.55. The smallest absolute Gasteiger partial charge is 0.320 e. The van der Waals surface area contributed by atoms with Crippen LogP contribution in [0.15, 0.2) is 12.4 Å². The molecule has 1 saturated carbocycles. The molecule has 1 aromatic heterocycles. The van der Waals surface area contributed by atoms with Gasteiger partial charge in [-0.3, -0.25) is 4.68 Å². The molecule has 3 heterocycles. The summed E-state index contributed by atoms with van der Waals surface area (Å²) in [6, 6.07) is 0.837. The van der Waals surface area contributed by atoms with E-state index in [9.17, 15) is 4.79 Å². The number of hydrogen-bond acceptors (Lipinski definition) is 3. The van der Waals surface area contributed by atoms with Crippen molar-refractivity contribution in [1.29, 1.82) is 0 Å². The number of anilines is 1. The van der Waals surface area contributed by atoms with Gasteiger partial charge < -0.3 is 15.1 Å². The van der Waals surface area contributed by atoms with E-state index >= 15 is 0 Å². The highest BCUT2D eigenvalue weighted by Crippen LogP contribution is 2.39. The molecule has 0 unspecified atom stereocenters. The monoisotopic (exact) mass is 331 g/mol. The van der Waals surface area contributed by atoms with Gasteiger partial charge in [0.05, 0.1) is 17.9 Å². The summed E-state index contributed by atoms with van der Waals surface area (Å²) in [6.45, 7) is 6.50. The maximum Gasteiger partial charge on any atom is 0.322 e. The van der Waals surface area contributed by atoms with Crippen molar-refractivity contribution in [3.63, 3.8) is 0 Å². The van der Waals surface area contributed by atoms with Crippen LogP contribution in [0.25, 0.3) is 0 Å². The highest BCUT2D eigenvalue weighted by Gasteiger charge is 2.32. The molecule has 4 rings (SSSR count). The average Bonchev–Trinajstić information content (AvgIpc) is 2.97. The quantitative estimate of drug-likeness (QED) is 0.902. The van der Waals surface area contributed by atoms with Crippen LogP contribution < -0.4 is 5.32 Å². The molecular weight excluding hydrogens is 302 g/mol. The van der Waals surface area contributed by atoms with Crippen LogP contribution in [0.2, 0.25) is 0 Å². The Bertz CT molecular complexity index is 576. The molecule has 2 atom stereocenters. The second kappa shape index (κ2) is 6.75. The highest BCUT2D eigenvalue weighted by molar-refractivity contribution is 5.89. The lowest BCUT2D eigenvalue weighted by Gasteiger charge is -2.28. The van der Waals surface area contributed by atoms with Crippen molar-refractivity contribution >= 4 is 11.7 Å². The molecule has 0 bridgehead atoms. The summed E-state index contributed by atoms with van der Waals surface area (Å²) >= 11 is 0. The molecule has 0 radical (unpaired) electrons. The molecule has 3 fully saturated rings. The molecule has 132 valence electrons. The minimum absolute atomic E-state index is 0.0373. The average molecular weight is 331 g/mol. The van der Waals surface area contributed by atoms with E-state index in [2.05, 4.69) is 22.2 Å². The predicted octanol–water partition coefficient (Wildman–Crippen LogP) is 2.95. The van der Waals surface area contributed by atoms with Gasteiger partial charge in [-0.1, -0.05) is 0 Å². The van der Waals surface area contributed by atoms with Gasteiger partial charge in [0.1, 0.15) is 0 Å². The first-order chi connectivity index (χ1) is 11.7. The zero-order chi connectivity index (χ0) is 16.5. The van der Waals surface area contributed by atoms with Gasteiger partial charge in [-0.05, 0) is 64.5 Å². The Morgan fingerprint density at radius 1 is 1.25 bits per heavy atom. The molecular formula is C18H29N5O. The van der Waals surface area contributed by atoms with E-state index in [-0.39, 0.29) is 6.03 Å². The van der Waals surface area contributed by atoms with Crippen molar-refractivity contribution in [2.75, 3.05) is 31.5 Å². The fraction of sp³-hybridized carbons (Fsp3) is 0.778. The number of rotatable bonds is 5. The van der Waals surface area contributed by atoms with Crippen molar-refractivity contribution in [3.05, 3.63) is 12.4 Å². The van der Waals surface area contributed by atoms with Crippen LogP contribution in [0.5, 0.6) is 0 Å². The molecule has 2 amide bonds. The van der Waals surface area contributed by atoms with Gasteiger partial charge in [-0.2, -0.15) is 5.10 Å². The Hall–Kier alpha value is -1.56. The summed E-state index contributed by atoms with van der Waals surface area (Å²) < 4.78 is 2.00. The molecule has 6 nitrogen and oxygen atoms in total. The van der Waals surface area contributed by atoms with Crippen LogP contribution in [0.3, 0.4) is 0 Å². The van der Waals surface area contributed by atoms with E-state index in [4.69, 9.17) is 0 Å². The van der Waals surface area contributed by atoms with Crippen LogP contribution in [-0.2, 0) is 0 Å². The number of amides is 2. The standard InChI is InChI=1S/C18H29N5O/c1-14(15-6-7-15)23-12-16(11-19-23)20-18(24)22-10-4-5-17(22)13-21-8-2-3-9-21/h11-12,14-15,17H,2-10,13H2,1H3,(H,20,24)/t14-,17+/m0/s1. The summed E-state index contributed by atoms with van der Waals surface area (Å²) in [5, 5.41) is 7.49. The zero-order valence-corrected chi connectivity index (χ0v) is 14.7. The number of nitrogens with one attached hydrogen (secondary N) is 1. The fourth-order valence-corrected chi connectivity index (χ4v) is 4.17. The number of nitrogens with zero attached hydrogens (tertiary/aromatic N) is 4. The molecule has 1 N–H and O–H groups in total. The molecule has 0 spiro atoms. The molecule has 2 aliphatic heterocycles. The maximum absolute atomic E-state index is 12.7. The lowest BCUT2D eigenvalue weighted by Crippen LogP contribution is -2.44. The molecule has 1 aliphatic carbocycles. The number of likely N-dealkylation sites (tertiary alicyclic amines) is 2. The third-order valence-electron chi connectivity index (χ3n) is 5.88. The Morgan fingerprint density at radius 3 is 2.79 bits per heavy atom. The molecule has 3 aliphatic rings. The number of carbonyl (C=O) groups is 1. The lowest BCUT2D eigenvalue weighted by atomic mass is 10.2. The molecule has 1 aromatic rings. The molecule has 0 aromatic carbocycles. The van der Waals surface area contributed by atoms with E-state index in [0.717, 1.165) is 37.5 Å². The normalized spacial score (nSPS) is 26.0. The second-order valence-corrected chi connectivity index (χ2v) is 7.71. The van der Waals surface area contributed by atoms with Gasteiger partial charge >= 0.3 is 6.03 Å². The summed E-state index contributed by atoms with van der Waals surface area (Å²) in [6.07, 6.45) is 11.2. The van der Waals surface area contributed by atoms with Gasteiger partial charge in [0.15, 0.2) is 0 Å². The van der Waals surface area contributed by atoms with Crippen LogP contribution >= 0.6 is 0 Å². The van der Waals surface area contributed by atoms with Gasteiger partial charge in [-0.15, -0.1) is 0 Å². The van der Waals surface area contributed by atoms with Crippen LogP contribution in [0, 0.1) is 5.92 Å². The van der Waals surface area contributed by atoms with Crippen molar-refractivity contribution in [2.24, 2.45) is 5.92 Å². The Kier molecular flexibility index (Phi) is 4.48. The highest BCUT2D eigenvalue weighted by atomic mass is 16.2. The topological polar surface area (TPSA) is 53.4 Å². The number of carbonyl (C=O) groups excluding carboxylic acids is 1. The van der Waals surface area contributed by atoms with Crippen molar-refractivity contribution in [3.8, 4) is 0 Å². The van der Waals surface area contributed by atoms with Gasteiger partial charge in [-0.25, -0.2) is 4.79 Å². The van der Waals surface area contributed by atoms with Crippen LogP contribution in [0.4, 0.5) is 10.5 Å². The Labute approximate surface area is 144 Å². The number of hydrogen-bond donors (Lipinski definition) is 1. The molecule has 24 heavy (non-hydrogen) atoms. The predicted molar refractivity (Wildman–Crippen MR) is 94.1 cm³/mol. The minimum atomic E-state index is 0.0373. The Balaban J connectivity index is 1.34. The summed E-state index contributed by atoms with van der Waals surface area (Å²) in [5.74, 6) is 0.761. The third kappa shape index (κ3) is 3.43. The summed E-state index contributed by atoms with van der Waals surface area (Å²) in [5.41, 5.74) is 0.819. The zero-order valence-electron chi connectivity index (χ0n) is 14.7. The van der Waals surface area contributed by atoms with E-state index in [1.54, 1.807) is 6.20 Å². The van der Waals surface area contributed by atoms with Gasteiger partial charge in [0, 0.05) is 25.3 Å². The lowest BCUT2D eigenvalue weighted by molar-refractivity contribution is 0.186. The van der Waals surface area contributed by atoms with Crippen LogP contribution in [0.1, 0.15) is 51.5 Å². The van der Waals surface area contributed by atoms with Crippen molar-refractivity contribution in [2.45, 2.75) is 57.5 Å². The van der Waals surface area contributed by atoms with E-state index in [0.29, 0.717) is 12.1 Å². The second-order valence-electron chi connectivity index (χ2n) is 7.71. The molecule has 2 saturated heterocycles. The molecule has 6 heteroatoms. The fourth-order valence-electron chi connectivity index (χ4n) is 4.17. The van der Waals surface area contributed by atoms with E-state index < -0.39 is 0 Å². The minimum Gasteiger partial charge on any atom is -0.320 e. The first-order valence-electron chi connectivity index (χ1n) is 9.55. The third-order valence-corrected chi connectivity index (χ3v) is 5.88. The largest absolute Gasteiger partial charge is 0.322 e. The SMILES string of the molecule is C[C@@H](C1CC1)n1cc(NC(=O)N2CCC[C@@H]2CN2CCCC2)cn1.